The molecule has 1 unspecified atom stereocenters. The third-order valence-electron chi connectivity index (χ3n) is 4.16. The molecule has 3 aromatic rings. The maximum Gasteiger partial charge on any atom is 0.233 e. The number of aromatic nitrogens is 7. The molecule has 9 nitrogen and oxygen atoms in total. The minimum absolute atomic E-state index is 0.168. The van der Waals surface area contributed by atoms with Crippen LogP contribution in [0.5, 0.6) is 0 Å². The van der Waals surface area contributed by atoms with E-state index in [1.54, 1.807) is 18.9 Å². The van der Waals surface area contributed by atoms with E-state index in [1.807, 2.05) is 10.9 Å². The molecule has 0 saturated heterocycles. The molecule has 4 rings (SSSR count). The monoisotopic (exact) mass is 379 g/mol. The number of rotatable bonds is 6. The van der Waals surface area contributed by atoms with E-state index >= 15 is 0 Å². The summed E-state index contributed by atoms with van der Waals surface area (Å²) in [7, 11) is 1.68. The molecule has 1 aliphatic carbocycles. The highest BCUT2D eigenvalue weighted by atomic mass is 32.2. The molecule has 3 heterocycles. The number of ether oxygens (including phenoxy) is 1. The van der Waals surface area contributed by atoms with Gasteiger partial charge in [0.05, 0.1) is 24.5 Å². The number of nitrogens with zero attached hydrogens (tertiary/aromatic N) is 7. The molecule has 1 aliphatic rings. The average molecular weight is 379 g/mol. The van der Waals surface area contributed by atoms with Crippen LogP contribution in [0.15, 0.2) is 8.86 Å². The lowest BCUT2D eigenvalue weighted by Crippen LogP contribution is -2.18. The molecule has 0 N–H and O–H groups in total. The van der Waals surface area contributed by atoms with Gasteiger partial charge in [0.2, 0.25) is 11.7 Å². The lowest BCUT2D eigenvalue weighted by Gasteiger charge is -2.18. The molecular formula is C14H17N7O2S2. The normalized spacial score (nSPS) is 17.0. The third-order valence-corrected chi connectivity index (χ3v) is 6.05. The van der Waals surface area contributed by atoms with Gasteiger partial charge >= 0.3 is 0 Å². The van der Waals surface area contributed by atoms with Crippen LogP contribution in [0, 0.1) is 0 Å². The number of fused-ring (bicyclic) bond motifs is 1. The van der Waals surface area contributed by atoms with Crippen molar-refractivity contribution in [3.8, 4) is 10.8 Å². The fourth-order valence-corrected chi connectivity index (χ4v) is 4.07. The average Bonchev–Trinajstić information content (AvgIpc) is 3.37. The minimum atomic E-state index is 0.168. The van der Waals surface area contributed by atoms with E-state index in [0.29, 0.717) is 29.9 Å². The molecule has 132 valence electrons. The highest BCUT2D eigenvalue weighted by Gasteiger charge is 2.29. The molecule has 0 spiro atoms. The Balaban J connectivity index is 1.53. The van der Waals surface area contributed by atoms with Gasteiger partial charge in [-0.15, -0.1) is 15.3 Å². The Kier molecular flexibility index (Phi) is 4.77. The summed E-state index contributed by atoms with van der Waals surface area (Å²) in [6, 6.07) is 0. The molecule has 0 aromatic carbocycles. The SMILES string of the molecule is COCCn1nnc2c1CC(c1nc(-c3nnc(SC)s3)no1)CC2. The van der Waals surface area contributed by atoms with Crippen molar-refractivity contribution in [1.82, 2.24) is 35.3 Å². The van der Waals surface area contributed by atoms with Crippen molar-refractivity contribution in [2.75, 3.05) is 20.0 Å². The highest BCUT2D eigenvalue weighted by molar-refractivity contribution is 8.00. The first-order chi connectivity index (χ1) is 12.3. The standard InChI is InChI=1S/C14H17N7O2S2/c1-22-6-5-21-10-7-8(3-4-9(10)16-20-21)12-15-11(19-23-12)13-17-18-14(24-2)25-13/h8H,3-7H2,1-2H3. The van der Waals surface area contributed by atoms with Crippen LogP contribution in [0.1, 0.15) is 29.6 Å². The lowest BCUT2D eigenvalue weighted by molar-refractivity contribution is 0.181. The molecule has 0 bridgehead atoms. The van der Waals surface area contributed by atoms with Gasteiger partial charge in [0.25, 0.3) is 0 Å². The summed E-state index contributed by atoms with van der Waals surface area (Å²) in [6.45, 7) is 1.31. The molecule has 0 radical (unpaired) electrons. The smallest absolute Gasteiger partial charge is 0.233 e. The van der Waals surface area contributed by atoms with Crippen LogP contribution in [0.4, 0.5) is 0 Å². The Morgan fingerprint density at radius 3 is 3.08 bits per heavy atom. The van der Waals surface area contributed by atoms with Crippen molar-refractivity contribution >= 4 is 23.1 Å². The highest BCUT2D eigenvalue weighted by Crippen LogP contribution is 2.33. The Morgan fingerprint density at radius 2 is 2.28 bits per heavy atom. The van der Waals surface area contributed by atoms with Gasteiger partial charge in [-0.25, -0.2) is 4.68 Å². The molecule has 3 aromatic heterocycles. The fraction of sp³-hybridized carbons (Fsp3) is 0.571. The molecule has 25 heavy (non-hydrogen) atoms. The number of aryl methyl sites for hydroxylation is 1. The van der Waals surface area contributed by atoms with Crippen LogP contribution in [0.25, 0.3) is 10.8 Å². The number of hydrogen-bond donors (Lipinski definition) is 0. The van der Waals surface area contributed by atoms with Gasteiger partial charge in [0.15, 0.2) is 9.35 Å². The fourth-order valence-electron chi connectivity index (χ4n) is 2.87. The number of thioether (sulfide) groups is 1. The van der Waals surface area contributed by atoms with Crippen molar-refractivity contribution < 1.29 is 9.26 Å². The first kappa shape index (κ1) is 16.6. The largest absolute Gasteiger partial charge is 0.383 e. The second-order valence-electron chi connectivity index (χ2n) is 5.67. The van der Waals surface area contributed by atoms with E-state index in [-0.39, 0.29) is 5.92 Å². The maximum absolute atomic E-state index is 5.51. The predicted octanol–water partition coefficient (Wildman–Crippen LogP) is 1.82. The van der Waals surface area contributed by atoms with Crippen LogP contribution in [-0.2, 0) is 24.1 Å². The van der Waals surface area contributed by atoms with E-state index in [4.69, 9.17) is 9.26 Å². The second-order valence-corrected chi connectivity index (χ2v) is 7.70. The van der Waals surface area contributed by atoms with E-state index in [9.17, 15) is 0 Å². The molecule has 0 fully saturated rings. The van der Waals surface area contributed by atoms with Crippen molar-refractivity contribution in [1.29, 1.82) is 0 Å². The van der Waals surface area contributed by atoms with Gasteiger partial charge in [0.1, 0.15) is 0 Å². The first-order valence-electron chi connectivity index (χ1n) is 7.90. The van der Waals surface area contributed by atoms with Gasteiger partial charge in [-0.1, -0.05) is 33.5 Å². The zero-order valence-electron chi connectivity index (χ0n) is 13.9. The van der Waals surface area contributed by atoms with Crippen molar-refractivity contribution in [2.24, 2.45) is 0 Å². The lowest BCUT2D eigenvalue weighted by atomic mass is 9.89. The minimum Gasteiger partial charge on any atom is -0.383 e. The van der Waals surface area contributed by atoms with E-state index in [2.05, 4.69) is 30.7 Å². The zero-order chi connectivity index (χ0) is 17.2. The number of hydrogen-bond acceptors (Lipinski definition) is 10. The van der Waals surface area contributed by atoms with Gasteiger partial charge in [-0.05, 0) is 19.1 Å². The molecule has 11 heteroatoms. The van der Waals surface area contributed by atoms with E-state index in [0.717, 1.165) is 35.0 Å². The summed E-state index contributed by atoms with van der Waals surface area (Å²) in [5, 5.41) is 21.5. The van der Waals surface area contributed by atoms with Gasteiger partial charge in [-0.3, -0.25) is 0 Å². The number of methoxy groups -OCH3 is 1. The van der Waals surface area contributed by atoms with E-state index < -0.39 is 0 Å². The predicted molar refractivity (Wildman–Crippen MR) is 91.6 cm³/mol. The van der Waals surface area contributed by atoms with Crippen LogP contribution >= 0.6 is 23.1 Å². The van der Waals surface area contributed by atoms with Crippen LogP contribution < -0.4 is 0 Å². The summed E-state index contributed by atoms with van der Waals surface area (Å²) in [5.41, 5.74) is 2.19. The molecule has 0 saturated carbocycles. The third kappa shape index (κ3) is 3.31. The zero-order valence-corrected chi connectivity index (χ0v) is 15.5. The quantitative estimate of drug-likeness (QED) is 0.593. The summed E-state index contributed by atoms with van der Waals surface area (Å²) in [6.07, 6.45) is 4.54. The van der Waals surface area contributed by atoms with Gasteiger partial charge in [0, 0.05) is 19.4 Å². The van der Waals surface area contributed by atoms with Gasteiger partial charge in [-0.2, -0.15) is 4.98 Å². The topological polar surface area (TPSA) is 105 Å². The summed E-state index contributed by atoms with van der Waals surface area (Å²) >= 11 is 3.02. The Bertz CT molecular complexity index is 859. The first-order valence-corrected chi connectivity index (χ1v) is 9.94. The van der Waals surface area contributed by atoms with Crippen molar-refractivity contribution in [2.45, 2.75) is 36.1 Å². The van der Waals surface area contributed by atoms with E-state index in [1.165, 1.54) is 11.3 Å². The summed E-state index contributed by atoms with van der Waals surface area (Å²) < 4.78 is 13.4. The second kappa shape index (κ2) is 7.18. The molecule has 0 amide bonds. The van der Waals surface area contributed by atoms with Crippen molar-refractivity contribution in [3.05, 3.63) is 17.3 Å². The van der Waals surface area contributed by atoms with Crippen molar-refractivity contribution in [3.63, 3.8) is 0 Å². The summed E-state index contributed by atoms with van der Waals surface area (Å²) in [4.78, 5) is 4.55. The Morgan fingerprint density at radius 1 is 1.36 bits per heavy atom. The molecule has 0 aliphatic heterocycles. The van der Waals surface area contributed by atoms with Gasteiger partial charge < -0.3 is 9.26 Å². The molecule has 1 atom stereocenters. The van der Waals surface area contributed by atoms with Crippen LogP contribution in [-0.4, -0.2) is 55.3 Å². The Labute approximate surface area is 152 Å². The summed E-state index contributed by atoms with van der Waals surface area (Å²) in [5.74, 6) is 1.31. The van der Waals surface area contributed by atoms with Crippen LogP contribution in [0.3, 0.4) is 0 Å². The molecular weight excluding hydrogens is 362 g/mol. The maximum atomic E-state index is 5.51. The Hall–Kier alpha value is -1.85. The van der Waals surface area contributed by atoms with Crippen LogP contribution in [0.2, 0.25) is 0 Å².